The monoisotopic (exact) mass is 709 g/mol. The van der Waals surface area contributed by atoms with Gasteiger partial charge in [0.15, 0.2) is 0 Å². The highest BCUT2D eigenvalue weighted by atomic mass is 32.1. The van der Waals surface area contributed by atoms with Gasteiger partial charge in [0.25, 0.3) is 0 Å². The molecule has 0 aliphatic rings. The summed E-state index contributed by atoms with van der Waals surface area (Å²) in [6.45, 7) is 0. The molecule has 2 heterocycles. The van der Waals surface area contributed by atoms with Gasteiger partial charge >= 0.3 is 0 Å². The largest absolute Gasteiger partial charge is 0.310 e. The summed E-state index contributed by atoms with van der Waals surface area (Å²) in [7, 11) is 0. The number of benzene rings is 9. The van der Waals surface area contributed by atoms with Gasteiger partial charge in [0.05, 0.1) is 5.69 Å². The molecule has 0 fully saturated rings. The van der Waals surface area contributed by atoms with Crippen LogP contribution in [0.3, 0.4) is 0 Å². The van der Waals surface area contributed by atoms with Gasteiger partial charge in [-0.2, -0.15) is 0 Å². The van der Waals surface area contributed by atoms with Gasteiger partial charge in [-0.15, -0.1) is 22.7 Å². The lowest BCUT2D eigenvalue weighted by Gasteiger charge is -2.27. The Balaban J connectivity index is 1.02. The number of nitrogens with zero attached hydrogens (tertiary/aromatic N) is 1. The molecule has 1 nitrogen and oxygen atoms in total. The molecule has 248 valence electrons. The molecule has 3 heteroatoms. The van der Waals surface area contributed by atoms with E-state index < -0.39 is 0 Å². The number of fused-ring (bicyclic) bond motifs is 10. The van der Waals surface area contributed by atoms with Crippen LogP contribution < -0.4 is 4.90 Å². The van der Waals surface area contributed by atoms with E-state index in [4.69, 9.17) is 0 Å². The summed E-state index contributed by atoms with van der Waals surface area (Å²) in [6, 6.07) is 68.9. The quantitative estimate of drug-likeness (QED) is 0.172. The van der Waals surface area contributed by atoms with Gasteiger partial charge in [0.2, 0.25) is 0 Å². The molecular weight excluding hydrogens is 679 g/mol. The number of hydrogen-bond acceptors (Lipinski definition) is 3. The van der Waals surface area contributed by atoms with E-state index in [-0.39, 0.29) is 0 Å². The minimum absolute atomic E-state index is 1.12. The summed E-state index contributed by atoms with van der Waals surface area (Å²) >= 11 is 3.79. The Bertz CT molecular complexity index is 3150. The van der Waals surface area contributed by atoms with Crippen molar-refractivity contribution >= 4 is 102 Å². The van der Waals surface area contributed by atoms with Crippen molar-refractivity contribution in [2.24, 2.45) is 0 Å². The highest BCUT2D eigenvalue weighted by Gasteiger charge is 2.18. The molecule has 0 atom stereocenters. The van der Waals surface area contributed by atoms with Crippen molar-refractivity contribution < 1.29 is 0 Å². The molecular formula is C50H31NS2. The fourth-order valence-electron chi connectivity index (χ4n) is 8.14. The van der Waals surface area contributed by atoms with Gasteiger partial charge in [-0.3, -0.25) is 0 Å². The average Bonchev–Trinajstić information content (AvgIpc) is 3.80. The second-order valence-electron chi connectivity index (χ2n) is 13.7. The number of anilines is 3. The molecule has 9 aromatic carbocycles. The van der Waals surface area contributed by atoms with Gasteiger partial charge < -0.3 is 4.90 Å². The van der Waals surface area contributed by atoms with Gasteiger partial charge in [0.1, 0.15) is 0 Å². The summed E-state index contributed by atoms with van der Waals surface area (Å²) in [6.07, 6.45) is 0. The molecule has 11 rings (SSSR count). The van der Waals surface area contributed by atoms with Gasteiger partial charge in [-0.1, -0.05) is 133 Å². The van der Waals surface area contributed by atoms with Gasteiger partial charge in [-0.05, 0) is 87.6 Å². The van der Waals surface area contributed by atoms with Crippen LogP contribution in [0.2, 0.25) is 0 Å². The van der Waals surface area contributed by atoms with Crippen molar-refractivity contribution in [3.63, 3.8) is 0 Å². The predicted octanol–water partition coefficient (Wildman–Crippen LogP) is 15.5. The molecule has 0 radical (unpaired) electrons. The number of rotatable bonds is 5. The fraction of sp³-hybridized carbons (Fsp3) is 0. The molecule has 0 aliphatic heterocycles. The Morgan fingerprint density at radius 3 is 1.58 bits per heavy atom. The zero-order valence-electron chi connectivity index (χ0n) is 28.7. The standard InChI is InChI=1S/C50H31NS2/c1-2-9-32(10-3-1)33-17-24-38(25-18-33)51(43-15-8-12-35-11-4-5-13-40(35)43)39-26-19-34(20-27-39)37-21-28-42-47(31-37)53-46-30-23-36-22-29-45-49(48(36)50(42)46)41-14-6-7-16-44(41)52-45/h1-31H. The Morgan fingerprint density at radius 1 is 0.302 bits per heavy atom. The van der Waals surface area contributed by atoms with Crippen LogP contribution in [-0.4, -0.2) is 0 Å². The first kappa shape index (κ1) is 30.4. The predicted molar refractivity (Wildman–Crippen MR) is 233 cm³/mol. The van der Waals surface area contributed by atoms with Crippen LogP contribution >= 0.6 is 22.7 Å². The first-order valence-corrected chi connectivity index (χ1v) is 19.6. The van der Waals surface area contributed by atoms with Crippen LogP contribution in [0.4, 0.5) is 17.1 Å². The van der Waals surface area contributed by atoms with Crippen LogP contribution in [-0.2, 0) is 0 Å². The van der Waals surface area contributed by atoms with E-state index in [9.17, 15) is 0 Å². The van der Waals surface area contributed by atoms with E-state index in [0.29, 0.717) is 0 Å². The average molecular weight is 710 g/mol. The number of hydrogen-bond donors (Lipinski definition) is 0. The van der Waals surface area contributed by atoms with Crippen molar-refractivity contribution in [2.75, 3.05) is 4.90 Å². The normalized spacial score (nSPS) is 11.8. The molecule has 0 spiro atoms. The molecule has 0 unspecified atom stereocenters. The lowest BCUT2D eigenvalue weighted by molar-refractivity contribution is 1.30. The van der Waals surface area contributed by atoms with Crippen molar-refractivity contribution in [3.8, 4) is 22.3 Å². The summed E-state index contributed by atoms with van der Waals surface area (Å²) in [5.41, 5.74) is 8.28. The van der Waals surface area contributed by atoms with E-state index in [2.05, 4.69) is 193 Å². The Labute approximate surface area is 315 Å². The smallest absolute Gasteiger partial charge is 0.0540 e. The van der Waals surface area contributed by atoms with Gasteiger partial charge in [-0.25, -0.2) is 0 Å². The molecule has 0 bridgehead atoms. The summed E-state index contributed by atoms with van der Waals surface area (Å²) in [4.78, 5) is 2.38. The van der Waals surface area contributed by atoms with Crippen LogP contribution in [0.25, 0.3) is 84.1 Å². The van der Waals surface area contributed by atoms with Crippen molar-refractivity contribution in [1.29, 1.82) is 0 Å². The van der Waals surface area contributed by atoms with Crippen LogP contribution in [0, 0.1) is 0 Å². The Hall–Kier alpha value is -6.26. The second kappa shape index (κ2) is 12.2. The molecule has 0 amide bonds. The van der Waals surface area contributed by atoms with Crippen LogP contribution in [0.15, 0.2) is 188 Å². The molecule has 0 N–H and O–H groups in total. The Morgan fingerprint density at radius 2 is 0.849 bits per heavy atom. The van der Waals surface area contributed by atoms with E-state index in [1.165, 1.54) is 84.1 Å². The van der Waals surface area contributed by atoms with Crippen molar-refractivity contribution in [1.82, 2.24) is 0 Å². The third-order valence-corrected chi connectivity index (χ3v) is 12.9. The molecule has 53 heavy (non-hydrogen) atoms. The molecule has 11 aromatic rings. The third-order valence-electron chi connectivity index (χ3n) is 10.7. The maximum atomic E-state index is 2.39. The minimum atomic E-state index is 1.12. The van der Waals surface area contributed by atoms with E-state index in [1.54, 1.807) is 0 Å². The van der Waals surface area contributed by atoms with Gasteiger partial charge in [0, 0.05) is 62.5 Å². The van der Waals surface area contributed by atoms with Crippen LogP contribution in [0.1, 0.15) is 0 Å². The van der Waals surface area contributed by atoms with E-state index in [1.807, 2.05) is 22.7 Å². The van der Waals surface area contributed by atoms with Crippen LogP contribution in [0.5, 0.6) is 0 Å². The van der Waals surface area contributed by atoms with Crippen molar-refractivity contribution in [2.45, 2.75) is 0 Å². The highest BCUT2D eigenvalue weighted by molar-refractivity contribution is 7.27. The molecule has 0 saturated heterocycles. The first-order chi connectivity index (χ1) is 26.3. The summed E-state index contributed by atoms with van der Waals surface area (Å²) in [5, 5.41) is 10.6. The molecule has 0 aliphatic carbocycles. The summed E-state index contributed by atoms with van der Waals surface area (Å²) < 4.78 is 5.36. The Kier molecular flexibility index (Phi) is 6.97. The zero-order chi connectivity index (χ0) is 34.9. The number of thiophene rings is 2. The van der Waals surface area contributed by atoms with E-state index >= 15 is 0 Å². The minimum Gasteiger partial charge on any atom is -0.310 e. The molecule has 0 saturated carbocycles. The maximum absolute atomic E-state index is 2.39. The second-order valence-corrected chi connectivity index (χ2v) is 15.8. The SMILES string of the molecule is c1ccc(-c2ccc(N(c3ccc(-c4ccc5c(c4)sc4ccc6ccc7sc8ccccc8c7c6c45)cc3)c3cccc4ccccc34)cc2)cc1. The third kappa shape index (κ3) is 4.97. The fourth-order valence-corrected chi connectivity index (χ4v) is 10.4. The first-order valence-electron chi connectivity index (χ1n) is 18.0. The zero-order valence-corrected chi connectivity index (χ0v) is 30.3. The topological polar surface area (TPSA) is 3.24 Å². The lowest BCUT2D eigenvalue weighted by atomic mass is 9.97. The summed E-state index contributed by atoms with van der Waals surface area (Å²) in [5.74, 6) is 0. The lowest BCUT2D eigenvalue weighted by Crippen LogP contribution is -2.10. The van der Waals surface area contributed by atoms with Crippen molar-refractivity contribution in [3.05, 3.63) is 188 Å². The molecule has 2 aromatic heterocycles. The highest BCUT2D eigenvalue weighted by Crippen LogP contribution is 2.46. The maximum Gasteiger partial charge on any atom is 0.0540 e. The van der Waals surface area contributed by atoms with E-state index in [0.717, 1.165) is 17.1 Å².